The van der Waals surface area contributed by atoms with Gasteiger partial charge in [0, 0.05) is 44.7 Å². The van der Waals surface area contributed by atoms with Crippen molar-refractivity contribution in [2.75, 3.05) is 26.3 Å². The lowest BCUT2D eigenvalue weighted by molar-refractivity contribution is 0.0832. The Morgan fingerprint density at radius 3 is 2.72 bits per heavy atom. The molecule has 2 aromatic heterocycles. The van der Waals surface area contributed by atoms with Crippen LogP contribution < -0.4 is 5.56 Å². The predicted molar refractivity (Wildman–Crippen MR) is 122 cm³/mol. The lowest BCUT2D eigenvalue weighted by Crippen LogP contribution is -2.24. The van der Waals surface area contributed by atoms with Crippen LogP contribution in [0.2, 0.25) is 0 Å². The summed E-state index contributed by atoms with van der Waals surface area (Å²) in [5.74, 6) is 3.39. The summed E-state index contributed by atoms with van der Waals surface area (Å²) in [4.78, 5) is 23.1. The van der Waals surface area contributed by atoms with Gasteiger partial charge in [-0.15, -0.1) is 0 Å². The van der Waals surface area contributed by atoms with E-state index in [1.54, 1.807) is 6.20 Å². The van der Waals surface area contributed by atoms with Crippen LogP contribution in [0.3, 0.4) is 0 Å². The van der Waals surface area contributed by atoms with Crippen molar-refractivity contribution in [2.24, 2.45) is 5.92 Å². The van der Waals surface area contributed by atoms with Gasteiger partial charge in [0.1, 0.15) is 11.6 Å². The Morgan fingerprint density at radius 1 is 1.09 bits per heavy atom. The Bertz CT molecular complexity index is 1170. The van der Waals surface area contributed by atoms with Crippen LogP contribution in [-0.4, -0.2) is 50.8 Å². The molecule has 2 atom stereocenters. The number of aromatic nitrogens is 4. The molecule has 2 unspecified atom stereocenters. The number of hydrogen-bond donors (Lipinski definition) is 1. The van der Waals surface area contributed by atoms with Crippen LogP contribution in [0.4, 0.5) is 0 Å². The maximum absolute atomic E-state index is 12.9. The fraction of sp³-hybridized carbons (Fsp3) is 0.560. The summed E-state index contributed by atoms with van der Waals surface area (Å²) < 4.78 is 7.32. The van der Waals surface area contributed by atoms with E-state index in [1.807, 2.05) is 4.52 Å². The van der Waals surface area contributed by atoms with E-state index in [-0.39, 0.29) is 11.5 Å². The second-order valence-corrected chi connectivity index (χ2v) is 9.89. The first kappa shape index (κ1) is 20.1. The molecule has 0 amide bonds. The van der Waals surface area contributed by atoms with Crippen LogP contribution in [0.5, 0.6) is 0 Å². The number of nitrogens with zero attached hydrogens (tertiary/aromatic N) is 4. The molecule has 3 aliphatic rings. The minimum absolute atomic E-state index is 0.0921. The SMILES string of the molecule is CC1CN(Cc2ccccc2C2CC2)CC1c1nn2c(C3CCOCC3)ncc2c(=O)[nH]1. The molecule has 6 rings (SSSR count). The summed E-state index contributed by atoms with van der Waals surface area (Å²) in [7, 11) is 0. The van der Waals surface area contributed by atoms with E-state index in [2.05, 4.69) is 46.1 Å². The summed E-state index contributed by atoms with van der Waals surface area (Å²) in [5, 5.41) is 4.93. The topological polar surface area (TPSA) is 75.5 Å². The van der Waals surface area contributed by atoms with Crippen LogP contribution in [0.15, 0.2) is 35.3 Å². The lowest BCUT2D eigenvalue weighted by Gasteiger charge is -2.21. The Hall–Kier alpha value is -2.51. The fourth-order valence-electron chi connectivity index (χ4n) is 5.60. The number of H-pyrrole nitrogens is 1. The summed E-state index contributed by atoms with van der Waals surface area (Å²) in [6.07, 6.45) is 6.16. The molecule has 2 aliphatic heterocycles. The first-order chi connectivity index (χ1) is 15.7. The summed E-state index contributed by atoms with van der Waals surface area (Å²) in [5.41, 5.74) is 3.42. The number of rotatable bonds is 5. The van der Waals surface area contributed by atoms with E-state index < -0.39 is 0 Å². The molecule has 3 fully saturated rings. The molecule has 1 aliphatic carbocycles. The molecule has 1 N–H and O–H groups in total. The molecule has 3 aromatic rings. The quantitative estimate of drug-likeness (QED) is 0.667. The smallest absolute Gasteiger partial charge is 0.276 e. The third kappa shape index (κ3) is 3.67. The van der Waals surface area contributed by atoms with Gasteiger partial charge in [0.25, 0.3) is 5.56 Å². The van der Waals surface area contributed by atoms with Gasteiger partial charge in [0.15, 0.2) is 5.52 Å². The predicted octanol–water partition coefficient (Wildman–Crippen LogP) is 3.42. The zero-order valence-corrected chi connectivity index (χ0v) is 18.7. The van der Waals surface area contributed by atoms with Crippen LogP contribution >= 0.6 is 0 Å². The second kappa shape index (κ2) is 8.12. The van der Waals surface area contributed by atoms with Gasteiger partial charge in [-0.05, 0) is 48.6 Å². The van der Waals surface area contributed by atoms with E-state index in [4.69, 9.17) is 9.84 Å². The Morgan fingerprint density at radius 2 is 1.91 bits per heavy atom. The molecule has 1 saturated carbocycles. The second-order valence-electron chi connectivity index (χ2n) is 9.89. The van der Waals surface area contributed by atoms with E-state index in [0.717, 1.165) is 63.3 Å². The van der Waals surface area contributed by atoms with Gasteiger partial charge in [-0.1, -0.05) is 31.2 Å². The van der Waals surface area contributed by atoms with Crippen molar-refractivity contribution in [3.8, 4) is 0 Å². The molecular weight excluding hydrogens is 402 g/mol. The number of imidazole rings is 1. The molecule has 0 radical (unpaired) electrons. The van der Waals surface area contributed by atoms with Crippen LogP contribution in [0.1, 0.15) is 73.1 Å². The first-order valence-corrected chi connectivity index (χ1v) is 12.0. The van der Waals surface area contributed by atoms with Crippen molar-refractivity contribution in [3.63, 3.8) is 0 Å². The highest BCUT2D eigenvalue weighted by Gasteiger charge is 2.34. The zero-order chi connectivity index (χ0) is 21.7. The largest absolute Gasteiger partial charge is 0.381 e. The molecule has 1 aromatic carbocycles. The Labute approximate surface area is 187 Å². The minimum Gasteiger partial charge on any atom is -0.381 e. The number of hydrogen-bond acceptors (Lipinski definition) is 5. The van der Waals surface area contributed by atoms with Crippen LogP contribution in [0, 0.1) is 5.92 Å². The van der Waals surface area contributed by atoms with Crippen LogP contribution in [0.25, 0.3) is 5.52 Å². The Balaban J connectivity index is 1.27. The van der Waals surface area contributed by atoms with Crippen molar-refractivity contribution in [2.45, 2.75) is 56.9 Å². The third-order valence-corrected chi connectivity index (χ3v) is 7.54. The number of benzene rings is 1. The zero-order valence-electron chi connectivity index (χ0n) is 18.7. The van der Waals surface area contributed by atoms with E-state index in [1.165, 1.54) is 24.0 Å². The summed E-state index contributed by atoms with van der Waals surface area (Å²) in [6.45, 7) is 6.66. The molecular formula is C25H31N5O2. The molecule has 4 heterocycles. The third-order valence-electron chi connectivity index (χ3n) is 7.54. The molecule has 0 spiro atoms. The number of fused-ring (bicyclic) bond motifs is 1. The number of ether oxygens (including phenoxy) is 1. The molecule has 2 saturated heterocycles. The van der Waals surface area contributed by atoms with E-state index in [9.17, 15) is 4.79 Å². The Kier molecular flexibility index (Phi) is 5.11. The highest BCUT2D eigenvalue weighted by molar-refractivity contribution is 5.42. The monoisotopic (exact) mass is 433 g/mol. The van der Waals surface area contributed by atoms with Crippen molar-refractivity contribution in [3.05, 3.63) is 63.6 Å². The number of aromatic amines is 1. The molecule has 168 valence electrons. The summed E-state index contributed by atoms with van der Waals surface area (Å²) in [6, 6.07) is 8.90. The maximum atomic E-state index is 12.9. The van der Waals surface area contributed by atoms with Crippen molar-refractivity contribution in [1.82, 2.24) is 24.5 Å². The standard InChI is InChI=1S/C25H31N5O2/c1-16-13-29(14-19-4-2-3-5-20(19)17-6-7-17)15-21(16)23-27-25(31)22-12-26-24(30(22)28-23)18-8-10-32-11-9-18/h2-5,12,16-18,21H,6-11,13-15H2,1H3,(H,27,28,31). The van der Waals surface area contributed by atoms with E-state index >= 15 is 0 Å². The molecule has 0 bridgehead atoms. The van der Waals surface area contributed by atoms with Gasteiger partial charge in [-0.2, -0.15) is 5.10 Å². The molecule has 7 heteroatoms. The minimum atomic E-state index is -0.0921. The average Bonchev–Trinajstić information content (AvgIpc) is 3.46. The first-order valence-electron chi connectivity index (χ1n) is 12.0. The van der Waals surface area contributed by atoms with Gasteiger partial charge >= 0.3 is 0 Å². The fourth-order valence-corrected chi connectivity index (χ4v) is 5.60. The maximum Gasteiger partial charge on any atom is 0.276 e. The number of nitrogens with one attached hydrogen (secondary N) is 1. The van der Waals surface area contributed by atoms with Gasteiger partial charge in [-0.3, -0.25) is 9.69 Å². The van der Waals surface area contributed by atoms with Crippen molar-refractivity contribution >= 4 is 5.52 Å². The van der Waals surface area contributed by atoms with Crippen molar-refractivity contribution in [1.29, 1.82) is 0 Å². The highest BCUT2D eigenvalue weighted by Crippen LogP contribution is 2.42. The normalized spacial score (nSPS) is 25.0. The van der Waals surface area contributed by atoms with Gasteiger partial charge in [-0.25, -0.2) is 9.50 Å². The van der Waals surface area contributed by atoms with Crippen LogP contribution in [-0.2, 0) is 11.3 Å². The van der Waals surface area contributed by atoms with Gasteiger partial charge < -0.3 is 9.72 Å². The lowest BCUT2D eigenvalue weighted by atomic mass is 9.97. The van der Waals surface area contributed by atoms with Gasteiger partial charge in [0.05, 0.1) is 6.20 Å². The van der Waals surface area contributed by atoms with Crippen molar-refractivity contribution < 1.29 is 4.74 Å². The molecule has 7 nitrogen and oxygen atoms in total. The van der Waals surface area contributed by atoms with E-state index in [0.29, 0.717) is 17.4 Å². The number of likely N-dealkylation sites (tertiary alicyclic amines) is 1. The average molecular weight is 434 g/mol. The molecule has 32 heavy (non-hydrogen) atoms. The highest BCUT2D eigenvalue weighted by atomic mass is 16.5. The summed E-state index contributed by atoms with van der Waals surface area (Å²) >= 11 is 0. The van der Waals surface area contributed by atoms with Gasteiger partial charge in [0.2, 0.25) is 0 Å².